The third-order valence-corrected chi connectivity index (χ3v) is 2.32. The number of furan rings is 1. The number of carboxylic acids is 1. The van der Waals surface area contributed by atoms with Crippen molar-refractivity contribution in [3.63, 3.8) is 0 Å². The van der Waals surface area contributed by atoms with E-state index in [0.29, 0.717) is 12.4 Å². The molecular formula is C10H12N4O3. The highest BCUT2D eigenvalue weighted by Crippen LogP contribution is 2.17. The van der Waals surface area contributed by atoms with E-state index in [1.54, 1.807) is 17.0 Å². The van der Waals surface area contributed by atoms with Gasteiger partial charge in [0.15, 0.2) is 5.82 Å². The van der Waals surface area contributed by atoms with Gasteiger partial charge in [-0.2, -0.15) is 0 Å². The summed E-state index contributed by atoms with van der Waals surface area (Å²) < 4.78 is 6.54. The number of carboxylic acid groups (broad SMARTS) is 1. The van der Waals surface area contributed by atoms with Crippen LogP contribution in [0.25, 0.3) is 11.4 Å². The number of carbonyl (C=O) groups is 1. The topological polar surface area (TPSA) is 94.0 Å². The average Bonchev–Trinajstić information content (AvgIpc) is 2.84. The van der Waals surface area contributed by atoms with E-state index in [2.05, 4.69) is 15.5 Å². The molecule has 0 saturated heterocycles. The van der Waals surface area contributed by atoms with Gasteiger partial charge in [-0.15, -0.1) is 5.10 Å². The maximum atomic E-state index is 10.6. The van der Waals surface area contributed by atoms with Crippen LogP contribution in [0.15, 0.2) is 23.0 Å². The van der Waals surface area contributed by atoms with E-state index >= 15 is 0 Å². The lowest BCUT2D eigenvalue weighted by atomic mass is 10.1. The van der Waals surface area contributed by atoms with E-state index < -0.39 is 5.97 Å². The average molecular weight is 236 g/mol. The molecule has 0 fully saturated rings. The van der Waals surface area contributed by atoms with Crippen molar-refractivity contribution in [1.29, 1.82) is 0 Å². The van der Waals surface area contributed by atoms with Gasteiger partial charge in [-0.05, 0) is 22.4 Å². The number of aliphatic carboxylic acids is 1. The third-order valence-electron chi connectivity index (χ3n) is 2.32. The quantitative estimate of drug-likeness (QED) is 0.833. The van der Waals surface area contributed by atoms with Crippen LogP contribution in [0.1, 0.15) is 13.3 Å². The first kappa shape index (κ1) is 11.3. The molecule has 0 aliphatic carbocycles. The van der Waals surface area contributed by atoms with Crippen molar-refractivity contribution in [3.05, 3.63) is 18.6 Å². The predicted molar refractivity (Wildman–Crippen MR) is 56.9 cm³/mol. The fourth-order valence-corrected chi connectivity index (χ4v) is 1.58. The van der Waals surface area contributed by atoms with Crippen LogP contribution in [0, 0.1) is 5.92 Å². The summed E-state index contributed by atoms with van der Waals surface area (Å²) in [7, 11) is 0. The van der Waals surface area contributed by atoms with Gasteiger partial charge < -0.3 is 9.52 Å². The van der Waals surface area contributed by atoms with Crippen molar-refractivity contribution in [3.8, 4) is 11.4 Å². The molecule has 2 heterocycles. The van der Waals surface area contributed by atoms with Gasteiger partial charge in [0.1, 0.15) is 6.26 Å². The zero-order valence-corrected chi connectivity index (χ0v) is 9.28. The number of hydrogen-bond acceptors (Lipinski definition) is 5. The maximum absolute atomic E-state index is 10.6. The fourth-order valence-electron chi connectivity index (χ4n) is 1.58. The van der Waals surface area contributed by atoms with Crippen molar-refractivity contribution >= 4 is 5.97 Å². The first-order valence-electron chi connectivity index (χ1n) is 5.17. The third kappa shape index (κ3) is 2.68. The number of nitrogens with zero attached hydrogens (tertiary/aromatic N) is 4. The van der Waals surface area contributed by atoms with Gasteiger partial charge in [-0.3, -0.25) is 4.79 Å². The molecule has 7 heteroatoms. The van der Waals surface area contributed by atoms with Crippen LogP contribution in [-0.4, -0.2) is 31.3 Å². The Bertz CT molecular complexity index is 491. The molecule has 2 aromatic heterocycles. The summed E-state index contributed by atoms with van der Waals surface area (Å²) in [6, 6.07) is 1.75. The Labute approximate surface area is 97.0 Å². The zero-order chi connectivity index (χ0) is 12.3. The monoisotopic (exact) mass is 236 g/mol. The molecular weight excluding hydrogens is 224 g/mol. The molecule has 0 amide bonds. The summed E-state index contributed by atoms with van der Waals surface area (Å²) in [5.74, 6) is -0.284. The minimum Gasteiger partial charge on any atom is -0.481 e. The molecule has 0 spiro atoms. The van der Waals surface area contributed by atoms with Crippen LogP contribution in [0.2, 0.25) is 0 Å². The lowest BCUT2D eigenvalue weighted by Crippen LogP contribution is -2.14. The molecule has 0 aliphatic heterocycles. The van der Waals surface area contributed by atoms with E-state index in [9.17, 15) is 4.79 Å². The van der Waals surface area contributed by atoms with E-state index in [1.165, 1.54) is 6.26 Å². The standard InChI is InChI=1S/C10H12N4O3/c1-7(4-9(15)16)5-14-10(11-12-13-14)8-2-3-17-6-8/h2-3,6-7H,4-5H2,1H3,(H,15,16). The molecule has 0 bridgehead atoms. The summed E-state index contributed by atoms with van der Waals surface area (Å²) >= 11 is 0. The summed E-state index contributed by atoms with van der Waals surface area (Å²) in [5, 5.41) is 20.0. The van der Waals surface area contributed by atoms with Crippen LogP contribution in [0.5, 0.6) is 0 Å². The second-order valence-electron chi connectivity index (χ2n) is 3.90. The van der Waals surface area contributed by atoms with Crippen molar-refractivity contribution in [2.24, 2.45) is 5.92 Å². The minimum absolute atomic E-state index is 0.0401. The maximum Gasteiger partial charge on any atom is 0.303 e. The Morgan fingerprint density at radius 3 is 3.12 bits per heavy atom. The molecule has 17 heavy (non-hydrogen) atoms. The van der Waals surface area contributed by atoms with Gasteiger partial charge in [-0.25, -0.2) is 4.68 Å². The van der Waals surface area contributed by atoms with Crippen molar-refractivity contribution in [2.75, 3.05) is 0 Å². The second kappa shape index (κ2) is 4.77. The number of tetrazole rings is 1. The Morgan fingerprint density at radius 1 is 1.65 bits per heavy atom. The highest BCUT2D eigenvalue weighted by Gasteiger charge is 2.14. The minimum atomic E-state index is -0.824. The molecule has 1 atom stereocenters. The van der Waals surface area contributed by atoms with E-state index in [1.807, 2.05) is 6.92 Å². The molecule has 0 aromatic carbocycles. The molecule has 1 N–H and O–H groups in total. The summed E-state index contributed by atoms with van der Waals surface area (Å²) in [5.41, 5.74) is 0.775. The normalized spacial score (nSPS) is 12.5. The second-order valence-corrected chi connectivity index (χ2v) is 3.90. The van der Waals surface area contributed by atoms with E-state index in [4.69, 9.17) is 9.52 Å². The number of rotatable bonds is 5. The SMILES string of the molecule is CC(CC(=O)O)Cn1nnnc1-c1ccoc1. The zero-order valence-electron chi connectivity index (χ0n) is 9.28. The molecule has 2 rings (SSSR count). The van der Waals surface area contributed by atoms with Gasteiger partial charge in [-0.1, -0.05) is 6.92 Å². The Kier molecular flexibility index (Phi) is 3.17. The molecule has 90 valence electrons. The van der Waals surface area contributed by atoms with E-state index in [0.717, 1.165) is 5.56 Å². The fraction of sp³-hybridized carbons (Fsp3) is 0.400. The summed E-state index contributed by atoms with van der Waals surface area (Å²) in [4.78, 5) is 10.6. The Morgan fingerprint density at radius 2 is 2.47 bits per heavy atom. The van der Waals surface area contributed by atoms with E-state index in [-0.39, 0.29) is 12.3 Å². The first-order valence-corrected chi connectivity index (χ1v) is 5.17. The smallest absolute Gasteiger partial charge is 0.303 e. The lowest BCUT2D eigenvalue weighted by molar-refractivity contribution is -0.138. The van der Waals surface area contributed by atoms with Crippen LogP contribution >= 0.6 is 0 Å². The molecule has 0 saturated carbocycles. The summed E-state index contributed by atoms with van der Waals surface area (Å²) in [6.45, 7) is 2.30. The number of hydrogen-bond donors (Lipinski definition) is 1. The van der Waals surface area contributed by atoms with Gasteiger partial charge in [0.25, 0.3) is 0 Å². The molecule has 0 radical (unpaired) electrons. The summed E-state index contributed by atoms with van der Waals surface area (Å²) in [6.07, 6.45) is 3.17. The molecule has 2 aromatic rings. The largest absolute Gasteiger partial charge is 0.481 e. The Balaban J connectivity index is 2.12. The predicted octanol–water partition coefficient (Wildman–Crippen LogP) is 1.04. The molecule has 0 aliphatic rings. The van der Waals surface area contributed by atoms with Crippen molar-refractivity contribution in [1.82, 2.24) is 20.2 Å². The van der Waals surface area contributed by atoms with Crippen molar-refractivity contribution in [2.45, 2.75) is 19.9 Å². The van der Waals surface area contributed by atoms with Crippen LogP contribution in [0.3, 0.4) is 0 Å². The highest BCUT2D eigenvalue weighted by molar-refractivity contribution is 5.66. The van der Waals surface area contributed by atoms with Crippen molar-refractivity contribution < 1.29 is 14.3 Å². The first-order chi connectivity index (χ1) is 8.16. The Hall–Kier alpha value is -2.18. The van der Waals surface area contributed by atoms with Gasteiger partial charge >= 0.3 is 5.97 Å². The lowest BCUT2D eigenvalue weighted by Gasteiger charge is -2.08. The van der Waals surface area contributed by atoms with Crippen LogP contribution < -0.4 is 0 Å². The highest BCUT2D eigenvalue weighted by atomic mass is 16.4. The number of aromatic nitrogens is 4. The van der Waals surface area contributed by atoms with Crippen LogP contribution in [-0.2, 0) is 11.3 Å². The van der Waals surface area contributed by atoms with Gasteiger partial charge in [0, 0.05) is 13.0 Å². The van der Waals surface area contributed by atoms with Gasteiger partial charge in [0.05, 0.1) is 11.8 Å². The molecule has 7 nitrogen and oxygen atoms in total. The van der Waals surface area contributed by atoms with Gasteiger partial charge in [0.2, 0.25) is 0 Å². The van der Waals surface area contributed by atoms with Crippen LogP contribution in [0.4, 0.5) is 0 Å². The molecule has 1 unspecified atom stereocenters.